The van der Waals surface area contributed by atoms with Crippen molar-refractivity contribution >= 4 is 6.34 Å². The zero-order valence-electron chi connectivity index (χ0n) is 7.16. The zero-order chi connectivity index (χ0) is 8.16. The molecular formula is C8H15N2O+. The van der Waals surface area contributed by atoms with Gasteiger partial charge in [-0.1, -0.05) is 0 Å². The van der Waals surface area contributed by atoms with Crippen molar-refractivity contribution in [3.05, 3.63) is 12.4 Å². The number of hydrogen-bond donors (Lipinski definition) is 0. The normalized spacial score (nSPS) is 28.2. The van der Waals surface area contributed by atoms with Crippen LogP contribution in [0.3, 0.4) is 0 Å². The van der Waals surface area contributed by atoms with Gasteiger partial charge in [-0.05, 0) is 0 Å². The standard InChI is InChI=1S/C8H15N2O/c1-10(5-3-7-11-2)6-4-9-8-10/h4,6,8H,3,5,7H2,1-2H3/q+1. The quantitative estimate of drug-likeness (QED) is 0.438. The lowest BCUT2D eigenvalue weighted by molar-refractivity contribution is -0.756. The molecule has 0 aromatic heterocycles. The Morgan fingerprint density at radius 2 is 2.36 bits per heavy atom. The summed E-state index contributed by atoms with van der Waals surface area (Å²) in [5.74, 6) is 0. The van der Waals surface area contributed by atoms with Gasteiger partial charge in [0.1, 0.15) is 6.20 Å². The Bertz CT molecular complexity index is 163. The van der Waals surface area contributed by atoms with Gasteiger partial charge in [-0.15, -0.1) is 0 Å². The molecule has 1 heterocycles. The number of aliphatic imine (C=N–C) groups is 1. The van der Waals surface area contributed by atoms with Crippen molar-refractivity contribution in [3.63, 3.8) is 0 Å². The summed E-state index contributed by atoms with van der Waals surface area (Å²) in [4.78, 5) is 4.04. The predicted molar refractivity (Wildman–Crippen MR) is 45.2 cm³/mol. The molecule has 3 nitrogen and oxygen atoms in total. The van der Waals surface area contributed by atoms with E-state index in [4.69, 9.17) is 4.74 Å². The zero-order valence-corrected chi connectivity index (χ0v) is 7.16. The first kappa shape index (κ1) is 8.43. The van der Waals surface area contributed by atoms with Gasteiger partial charge in [0, 0.05) is 13.5 Å². The fraction of sp³-hybridized carbons (Fsp3) is 0.625. The molecule has 1 rings (SSSR count). The number of hydrogen-bond acceptors (Lipinski definition) is 2. The Morgan fingerprint density at radius 1 is 1.55 bits per heavy atom. The second kappa shape index (κ2) is 3.64. The predicted octanol–water partition coefficient (Wildman–Crippen LogP) is 0.983. The maximum Gasteiger partial charge on any atom is 0.194 e. The van der Waals surface area contributed by atoms with E-state index in [0.717, 1.165) is 24.1 Å². The van der Waals surface area contributed by atoms with E-state index in [0.29, 0.717) is 0 Å². The van der Waals surface area contributed by atoms with E-state index in [-0.39, 0.29) is 0 Å². The molecule has 0 spiro atoms. The fourth-order valence-corrected chi connectivity index (χ4v) is 1.10. The van der Waals surface area contributed by atoms with Crippen molar-refractivity contribution in [2.24, 2.45) is 4.99 Å². The molecule has 0 aliphatic carbocycles. The van der Waals surface area contributed by atoms with Crippen LogP contribution in [0.1, 0.15) is 6.42 Å². The molecule has 1 aliphatic heterocycles. The molecule has 0 N–H and O–H groups in total. The van der Waals surface area contributed by atoms with E-state index in [2.05, 4.69) is 18.2 Å². The van der Waals surface area contributed by atoms with Gasteiger partial charge in [0.05, 0.1) is 26.4 Å². The highest BCUT2D eigenvalue weighted by Gasteiger charge is 2.17. The topological polar surface area (TPSA) is 21.6 Å². The van der Waals surface area contributed by atoms with Gasteiger partial charge < -0.3 is 4.74 Å². The van der Waals surface area contributed by atoms with Crippen molar-refractivity contribution in [1.82, 2.24) is 0 Å². The van der Waals surface area contributed by atoms with Crippen LogP contribution in [0.25, 0.3) is 0 Å². The fourth-order valence-electron chi connectivity index (χ4n) is 1.10. The van der Waals surface area contributed by atoms with Crippen LogP contribution < -0.4 is 0 Å². The summed E-state index contributed by atoms with van der Waals surface area (Å²) in [6.45, 7) is 1.89. The lowest BCUT2D eigenvalue weighted by Crippen LogP contribution is -2.36. The first-order valence-electron chi connectivity index (χ1n) is 3.83. The van der Waals surface area contributed by atoms with Crippen molar-refractivity contribution in [3.8, 4) is 0 Å². The highest BCUT2D eigenvalue weighted by molar-refractivity contribution is 5.50. The van der Waals surface area contributed by atoms with E-state index < -0.39 is 0 Å². The van der Waals surface area contributed by atoms with Crippen LogP contribution in [0, 0.1) is 0 Å². The maximum absolute atomic E-state index is 4.97. The van der Waals surface area contributed by atoms with Gasteiger partial charge in [-0.3, -0.25) is 4.48 Å². The Kier molecular flexibility index (Phi) is 2.79. The van der Waals surface area contributed by atoms with E-state index in [9.17, 15) is 0 Å². The number of nitrogens with zero attached hydrogens (tertiary/aromatic N) is 2. The van der Waals surface area contributed by atoms with Crippen molar-refractivity contribution in [2.45, 2.75) is 6.42 Å². The smallest absolute Gasteiger partial charge is 0.194 e. The number of ether oxygens (including phenoxy) is 1. The lowest BCUT2D eigenvalue weighted by Gasteiger charge is -2.20. The van der Waals surface area contributed by atoms with Crippen LogP contribution in [0.4, 0.5) is 0 Å². The van der Waals surface area contributed by atoms with E-state index in [1.807, 2.05) is 12.5 Å². The summed E-state index contributed by atoms with van der Waals surface area (Å²) in [7, 11) is 3.86. The van der Waals surface area contributed by atoms with Crippen molar-refractivity contribution in [1.29, 1.82) is 0 Å². The minimum atomic E-state index is 0.809. The highest BCUT2D eigenvalue weighted by Crippen LogP contribution is 2.07. The minimum absolute atomic E-state index is 0.809. The first-order valence-corrected chi connectivity index (χ1v) is 3.83. The average Bonchev–Trinajstić information content (AvgIpc) is 2.38. The molecule has 0 saturated carbocycles. The SMILES string of the molecule is COCCC[N+]1(C)C=CN=C1. The summed E-state index contributed by atoms with van der Waals surface area (Å²) < 4.78 is 5.78. The second-order valence-corrected chi connectivity index (χ2v) is 2.98. The molecule has 0 radical (unpaired) electrons. The molecule has 1 atom stereocenters. The van der Waals surface area contributed by atoms with E-state index in [1.165, 1.54) is 0 Å². The molecule has 1 unspecified atom stereocenters. The lowest BCUT2D eigenvalue weighted by atomic mass is 10.4. The third-order valence-electron chi connectivity index (χ3n) is 1.81. The summed E-state index contributed by atoms with van der Waals surface area (Å²) in [6.07, 6.45) is 6.93. The number of rotatable bonds is 4. The Labute approximate surface area is 67.6 Å². The Hall–Kier alpha value is -0.670. The van der Waals surface area contributed by atoms with Crippen molar-refractivity contribution in [2.75, 3.05) is 27.3 Å². The molecular weight excluding hydrogens is 140 g/mol. The maximum atomic E-state index is 4.97. The van der Waals surface area contributed by atoms with Gasteiger partial charge in [0.2, 0.25) is 0 Å². The van der Waals surface area contributed by atoms with Gasteiger partial charge in [-0.25, -0.2) is 4.99 Å². The summed E-state index contributed by atoms with van der Waals surface area (Å²) in [5, 5.41) is 0. The van der Waals surface area contributed by atoms with Crippen LogP contribution in [-0.2, 0) is 4.74 Å². The number of quaternary nitrogens is 1. The second-order valence-electron chi connectivity index (χ2n) is 2.98. The Morgan fingerprint density at radius 3 is 2.91 bits per heavy atom. The minimum Gasteiger partial charge on any atom is -0.384 e. The highest BCUT2D eigenvalue weighted by atomic mass is 16.5. The monoisotopic (exact) mass is 155 g/mol. The van der Waals surface area contributed by atoms with Crippen LogP contribution in [-0.4, -0.2) is 38.1 Å². The van der Waals surface area contributed by atoms with E-state index >= 15 is 0 Å². The van der Waals surface area contributed by atoms with Crippen LogP contribution in [0.5, 0.6) is 0 Å². The molecule has 11 heavy (non-hydrogen) atoms. The summed E-state index contributed by atoms with van der Waals surface area (Å²) in [5.41, 5.74) is 0. The van der Waals surface area contributed by atoms with Gasteiger partial charge in [0.25, 0.3) is 0 Å². The molecule has 0 bridgehead atoms. The van der Waals surface area contributed by atoms with Crippen LogP contribution in [0.15, 0.2) is 17.4 Å². The Balaban J connectivity index is 2.25. The van der Waals surface area contributed by atoms with Crippen molar-refractivity contribution < 1.29 is 9.22 Å². The third kappa shape index (κ3) is 2.44. The molecule has 0 saturated heterocycles. The average molecular weight is 155 g/mol. The third-order valence-corrected chi connectivity index (χ3v) is 1.81. The molecule has 3 heteroatoms. The van der Waals surface area contributed by atoms with Crippen LogP contribution >= 0.6 is 0 Å². The van der Waals surface area contributed by atoms with E-state index in [1.54, 1.807) is 7.11 Å². The molecule has 1 aliphatic rings. The first-order chi connectivity index (χ1) is 5.27. The van der Waals surface area contributed by atoms with Crippen LogP contribution in [0.2, 0.25) is 0 Å². The molecule has 0 aromatic rings. The molecule has 0 aromatic carbocycles. The summed E-state index contributed by atoms with van der Waals surface area (Å²) in [6, 6.07) is 0. The largest absolute Gasteiger partial charge is 0.384 e. The van der Waals surface area contributed by atoms with Gasteiger partial charge in [-0.2, -0.15) is 0 Å². The van der Waals surface area contributed by atoms with Gasteiger partial charge in [0.15, 0.2) is 6.34 Å². The summed E-state index contributed by atoms with van der Waals surface area (Å²) >= 11 is 0. The molecule has 62 valence electrons. The van der Waals surface area contributed by atoms with Gasteiger partial charge >= 0.3 is 0 Å². The molecule has 0 amide bonds. The molecule has 0 fully saturated rings. The number of methoxy groups -OCH3 is 1.